The van der Waals surface area contributed by atoms with Crippen molar-refractivity contribution in [2.24, 2.45) is 0 Å². The molecule has 1 aromatic carbocycles. The van der Waals surface area contributed by atoms with E-state index in [-0.39, 0.29) is 17.7 Å². The van der Waals surface area contributed by atoms with Crippen LogP contribution in [0.25, 0.3) is 5.69 Å². The molecule has 2 aromatic heterocycles. The first-order valence-corrected chi connectivity index (χ1v) is 9.58. The molecule has 3 rings (SSSR count). The van der Waals surface area contributed by atoms with Crippen LogP contribution >= 0.6 is 23.2 Å². The first kappa shape index (κ1) is 21.6. The Morgan fingerprint density at radius 1 is 1.23 bits per heavy atom. The molecule has 156 valence electrons. The van der Waals surface area contributed by atoms with E-state index in [1.54, 1.807) is 29.8 Å². The number of halogens is 2. The number of benzene rings is 1. The molecule has 0 aliphatic carbocycles. The van der Waals surface area contributed by atoms with E-state index in [0.29, 0.717) is 27.0 Å². The van der Waals surface area contributed by atoms with Crippen molar-refractivity contribution in [3.63, 3.8) is 0 Å². The Morgan fingerprint density at radius 2 is 1.97 bits per heavy atom. The van der Waals surface area contributed by atoms with Crippen LogP contribution in [0.5, 0.6) is 0 Å². The molecule has 0 bridgehead atoms. The summed E-state index contributed by atoms with van der Waals surface area (Å²) in [6.07, 6.45) is 1.20. The number of aryl methyl sites for hydroxylation is 1. The largest absolute Gasteiger partial charge is 0.465 e. The second-order valence-corrected chi connectivity index (χ2v) is 7.35. The number of hydrogen-bond donors (Lipinski definition) is 2. The van der Waals surface area contributed by atoms with Crippen molar-refractivity contribution in [3.05, 3.63) is 73.4 Å². The third-order valence-corrected chi connectivity index (χ3v) is 5.05. The van der Waals surface area contributed by atoms with Gasteiger partial charge in [0.05, 0.1) is 35.5 Å². The summed E-state index contributed by atoms with van der Waals surface area (Å²) in [4.78, 5) is 38.6. The normalized spacial score (nSPS) is 10.7. The van der Waals surface area contributed by atoms with Gasteiger partial charge in [0.25, 0.3) is 5.56 Å². The van der Waals surface area contributed by atoms with E-state index in [0.717, 1.165) is 5.69 Å². The van der Waals surface area contributed by atoms with Crippen LogP contribution < -0.4 is 10.9 Å². The van der Waals surface area contributed by atoms with E-state index in [2.05, 4.69) is 20.1 Å². The lowest BCUT2D eigenvalue weighted by molar-refractivity contribution is -0.115. The standard InChI is InChI=1S/C20H18Cl2N4O4/c1-10-14(11(2)26(25-10)17-5-4-13(21)7-15(17)22)8-18(27)24-16-6-12(20(29)30-3)9-23-19(16)28/h4-7,9H,8H2,1-3H3,(H,23,28)(H,24,27). The molecule has 0 spiro atoms. The number of rotatable bonds is 5. The average molecular weight is 449 g/mol. The van der Waals surface area contributed by atoms with Gasteiger partial charge in [-0.3, -0.25) is 9.59 Å². The Kier molecular flexibility index (Phi) is 6.28. The van der Waals surface area contributed by atoms with Gasteiger partial charge in [-0.25, -0.2) is 9.48 Å². The van der Waals surface area contributed by atoms with Crippen molar-refractivity contribution in [2.75, 3.05) is 12.4 Å². The summed E-state index contributed by atoms with van der Waals surface area (Å²) in [5.41, 5.74) is 2.23. The molecule has 0 atom stereocenters. The molecular weight excluding hydrogens is 431 g/mol. The highest BCUT2D eigenvalue weighted by Gasteiger charge is 2.18. The molecule has 0 saturated heterocycles. The monoisotopic (exact) mass is 448 g/mol. The highest BCUT2D eigenvalue weighted by Crippen LogP contribution is 2.27. The Labute approximate surface area is 181 Å². The zero-order chi connectivity index (χ0) is 22.0. The zero-order valence-corrected chi connectivity index (χ0v) is 17.9. The van der Waals surface area contributed by atoms with Crippen molar-refractivity contribution < 1.29 is 14.3 Å². The molecule has 0 aliphatic rings. The Bertz CT molecular complexity index is 1200. The maximum atomic E-state index is 12.6. The maximum absolute atomic E-state index is 12.6. The number of carbonyl (C=O) groups is 2. The molecule has 0 radical (unpaired) electrons. The molecule has 10 heteroatoms. The third-order valence-electron chi connectivity index (χ3n) is 4.51. The van der Waals surface area contributed by atoms with E-state index in [1.165, 1.54) is 19.4 Å². The van der Waals surface area contributed by atoms with Crippen LogP contribution in [0.3, 0.4) is 0 Å². The van der Waals surface area contributed by atoms with Crippen LogP contribution in [0.1, 0.15) is 27.3 Å². The highest BCUT2D eigenvalue weighted by atomic mass is 35.5. The van der Waals surface area contributed by atoms with Crippen molar-refractivity contribution in [3.8, 4) is 5.69 Å². The van der Waals surface area contributed by atoms with Crippen LogP contribution in [0.15, 0.2) is 35.3 Å². The Hall–Kier alpha value is -3.10. The lowest BCUT2D eigenvalue weighted by Gasteiger charge is -2.09. The summed E-state index contributed by atoms with van der Waals surface area (Å²) < 4.78 is 6.26. The minimum atomic E-state index is -0.630. The molecule has 0 unspecified atom stereocenters. The van der Waals surface area contributed by atoms with Gasteiger partial charge >= 0.3 is 5.97 Å². The number of aromatic amines is 1. The molecule has 0 aliphatic heterocycles. The number of methoxy groups -OCH3 is 1. The molecular formula is C20H18Cl2N4O4. The summed E-state index contributed by atoms with van der Waals surface area (Å²) in [6.45, 7) is 3.60. The third kappa shape index (κ3) is 4.39. The molecule has 2 heterocycles. The van der Waals surface area contributed by atoms with Crippen molar-refractivity contribution in [2.45, 2.75) is 20.3 Å². The topological polar surface area (TPSA) is 106 Å². The molecule has 8 nitrogen and oxygen atoms in total. The van der Waals surface area contributed by atoms with Gasteiger partial charge in [-0.05, 0) is 38.1 Å². The van der Waals surface area contributed by atoms with Gasteiger partial charge in [-0.15, -0.1) is 0 Å². The summed E-state index contributed by atoms with van der Waals surface area (Å²) in [5.74, 6) is -1.06. The second kappa shape index (κ2) is 8.73. The number of nitrogens with one attached hydrogen (secondary N) is 2. The SMILES string of the molecule is COC(=O)c1c[nH]c(=O)c(NC(=O)Cc2c(C)nn(-c3ccc(Cl)cc3Cl)c2C)c1. The fraction of sp³-hybridized carbons (Fsp3) is 0.200. The predicted molar refractivity (Wildman–Crippen MR) is 114 cm³/mol. The van der Waals surface area contributed by atoms with E-state index in [1.807, 2.05) is 6.92 Å². The van der Waals surface area contributed by atoms with Crippen LogP contribution in [0, 0.1) is 13.8 Å². The number of carbonyl (C=O) groups excluding carboxylic acids is 2. The van der Waals surface area contributed by atoms with Gasteiger partial charge in [0, 0.05) is 22.5 Å². The molecule has 1 amide bonds. The van der Waals surface area contributed by atoms with Gasteiger partial charge in [-0.2, -0.15) is 5.10 Å². The number of pyridine rings is 1. The maximum Gasteiger partial charge on any atom is 0.339 e. The number of ether oxygens (including phenoxy) is 1. The number of nitrogens with zero attached hydrogens (tertiary/aromatic N) is 2. The van der Waals surface area contributed by atoms with Gasteiger partial charge in [0.1, 0.15) is 5.69 Å². The highest BCUT2D eigenvalue weighted by molar-refractivity contribution is 6.35. The van der Waals surface area contributed by atoms with E-state index >= 15 is 0 Å². The summed E-state index contributed by atoms with van der Waals surface area (Å²) >= 11 is 12.2. The van der Waals surface area contributed by atoms with Gasteiger partial charge in [0.2, 0.25) is 5.91 Å². The van der Waals surface area contributed by atoms with E-state index < -0.39 is 17.4 Å². The van der Waals surface area contributed by atoms with Crippen LogP contribution in [-0.4, -0.2) is 33.8 Å². The Balaban J connectivity index is 1.85. The van der Waals surface area contributed by atoms with E-state index in [4.69, 9.17) is 23.2 Å². The first-order chi connectivity index (χ1) is 14.2. The molecule has 3 aromatic rings. The van der Waals surface area contributed by atoms with Gasteiger partial charge < -0.3 is 15.0 Å². The number of amides is 1. The Morgan fingerprint density at radius 3 is 2.63 bits per heavy atom. The zero-order valence-electron chi connectivity index (χ0n) is 16.4. The molecule has 2 N–H and O–H groups in total. The summed E-state index contributed by atoms with van der Waals surface area (Å²) in [7, 11) is 1.22. The second-order valence-electron chi connectivity index (χ2n) is 6.50. The first-order valence-electron chi connectivity index (χ1n) is 8.82. The molecule has 30 heavy (non-hydrogen) atoms. The van der Waals surface area contributed by atoms with Gasteiger partial charge in [-0.1, -0.05) is 23.2 Å². The number of H-pyrrole nitrogens is 1. The number of hydrogen-bond acceptors (Lipinski definition) is 5. The van der Waals surface area contributed by atoms with Crippen molar-refractivity contribution in [1.82, 2.24) is 14.8 Å². The van der Waals surface area contributed by atoms with Crippen LogP contribution in [0.2, 0.25) is 10.0 Å². The lowest BCUT2D eigenvalue weighted by Crippen LogP contribution is -2.22. The van der Waals surface area contributed by atoms with Gasteiger partial charge in [0.15, 0.2) is 0 Å². The molecule has 0 saturated carbocycles. The predicted octanol–water partition coefficient (Wildman–Crippen LogP) is 3.45. The number of esters is 1. The van der Waals surface area contributed by atoms with Crippen LogP contribution in [0.4, 0.5) is 5.69 Å². The number of aromatic nitrogens is 3. The minimum absolute atomic E-state index is 0.0230. The lowest BCUT2D eigenvalue weighted by atomic mass is 10.1. The minimum Gasteiger partial charge on any atom is -0.465 e. The van der Waals surface area contributed by atoms with Crippen molar-refractivity contribution >= 4 is 40.8 Å². The average Bonchev–Trinajstić information content (AvgIpc) is 2.97. The van der Waals surface area contributed by atoms with Crippen LogP contribution in [-0.2, 0) is 16.0 Å². The number of anilines is 1. The molecule has 0 fully saturated rings. The smallest absolute Gasteiger partial charge is 0.339 e. The fourth-order valence-electron chi connectivity index (χ4n) is 2.99. The van der Waals surface area contributed by atoms with Crippen molar-refractivity contribution in [1.29, 1.82) is 0 Å². The summed E-state index contributed by atoms with van der Waals surface area (Å²) in [5, 5.41) is 7.94. The summed E-state index contributed by atoms with van der Waals surface area (Å²) in [6, 6.07) is 6.32. The van der Waals surface area contributed by atoms with E-state index in [9.17, 15) is 14.4 Å². The fourth-order valence-corrected chi connectivity index (χ4v) is 3.47. The quantitative estimate of drug-likeness (QED) is 0.581.